The molecule has 22 heavy (non-hydrogen) atoms. The van der Waals surface area contributed by atoms with Crippen LogP contribution in [0.2, 0.25) is 0 Å². The Bertz CT molecular complexity index is 613. The number of aryl methyl sites for hydroxylation is 1. The molecule has 9 nitrogen and oxygen atoms in total. The molecule has 9 heteroatoms. The van der Waals surface area contributed by atoms with Crippen molar-refractivity contribution in [1.29, 1.82) is 0 Å². The molecular weight excluding hydrogens is 294 g/mol. The minimum absolute atomic E-state index is 0.394. The summed E-state index contributed by atoms with van der Waals surface area (Å²) in [4.78, 5) is 26.0. The summed E-state index contributed by atoms with van der Waals surface area (Å²) in [5.41, 5.74) is 4.68. The molecule has 1 aliphatic heterocycles. The first kappa shape index (κ1) is 16.8. The number of hydrogen-bond donors (Lipinski definition) is 4. The molecule has 124 valence electrons. The van der Waals surface area contributed by atoms with Crippen molar-refractivity contribution in [2.75, 3.05) is 20.3 Å². The molecule has 0 amide bonds. The molecule has 1 unspecified atom stereocenters. The second kappa shape index (κ2) is 7.16. The van der Waals surface area contributed by atoms with Gasteiger partial charge in [-0.3, -0.25) is 14.3 Å². The third-order valence-corrected chi connectivity index (χ3v) is 3.73. The van der Waals surface area contributed by atoms with Crippen molar-refractivity contribution in [3.05, 3.63) is 32.6 Å². The molecule has 0 saturated carbocycles. The van der Waals surface area contributed by atoms with Crippen LogP contribution in [0, 0.1) is 0 Å². The van der Waals surface area contributed by atoms with E-state index in [-0.39, 0.29) is 0 Å². The smallest absolute Gasteiger partial charge is 0.330 e. The first-order chi connectivity index (χ1) is 10.5. The number of hydrogen-bond acceptors (Lipinski definition) is 7. The molecule has 1 aromatic heterocycles. The van der Waals surface area contributed by atoms with Gasteiger partial charge in [0.2, 0.25) is 0 Å². The first-order valence-corrected chi connectivity index (χ1v) is 7.05. The number of nitrogens with one attached hydrogen (secondary N) is 1. The Morgan fingerprint density at radius 2 is 2.23 bits per heavy atom. The van der Waals surface area contributed by atoms with Crippen molar-refractivity contribution in [2.24, 2.45) is 5.73 Å². The SMILES string of the molecule is CO[C@@H]1C(O)[C@@H](CO)O[C@H]1n1cc(CCCN)c(=O)[nH]c1=O. The number of ether oxygens (including phenoxy) is 2. The molecule has 2 heterocycles. The van der Waals surface area contributed by atoms with Crippen molar-refractivity contribution < 1.29 is 19.7 Å². The highest BCUT2D eigenvalue weighted by Gasteiger charge is 2.45. The Hall–Kier alpha value is -1.52. The summed E-state index contributed by atoms with van der Waals surface area (Å²) in [5, 5.41) is 19.2. The van der Waals surface area contributed by atoms with Crippen molar-refractivity contribution >= 4 is 0 Å². The van der Waals surface area contributed by atoms with Crippen LogP contribution >= 0.6 is 0 Å². The van der Waals surface area contributed by atoms with Crippen molar-refractivity contribution in [3.8, 4) is 0 Å². The van der Waals surface area contributed by atoms with Gasteiger partial charge in [0, 0.05) is 18.9 Å². The van der Waals surface area contributed by atoms with Gasteiger partial charge in [0.15, 0.2) is 6.23 Å². The standard InChI is InChI=1S/C13H21N3O6/c1-21-10-9(18)8(6-17)22-12(10)16-5-7(3-2-4-14)11(19)15-13(16)20/h5,8-10,12,17-18H,2-4,6,14H2,1H3,(H,15,19,20)/t8-,9?,10-,12-/m1/s1. The van der Waals surface area contributed by atoms with Gasteiger partial charge in [-0.25, -0.2) is 4.79 Å². The molecule has 0 radical (unpaired) electrons. The zero-order valence-corrected chi connectivity index (χ0v) is 12.3. The van der Waals surface area contributed by atoms with E-state index in [1.54, 1.807) is 0 Å². The van der Waals surface area contributed by atoms with Crippen LogP contribution in [0.1, 0.15) is 18.2 Å². The van der Waals surface area contributed by atoms with Crippen molar-refractivity contribution in [2.45, 2.75) is 37.4 Å². The summed E-state index contributed by atoms with van der Waals surface area (Å²) >= 11 is 0. The minimum Gasteiger partial charge on any atom is -0.394 e. The van der Waals surface area contributed by atoms with Crippen LogP contribution in [0.5, 0.6) is 0 Å². The maximum atomic E-state index is 12.0. The van der Waals surface area contributed by atoms with Crippen LogP contribution in [0.25, 0.3) is 0 Å². The Balaban J connectivity index is 2.38. The zero-order valence-electron chi connectivity index (χ0n) is 12.3. The molecule has 4 atom stereocenters. The largest absolute Gasteiger partial charge is 0.394 e. The lowest BCUT2D eigenvalue weighted by Gasteiger charge is -2.20. The van der Waals surface area contributed by atoms with Crippen LogP contribution in [0.4, 0.5) is 0 Å². The van der Waals surface area contributed by atoms with Gasteiger partial charge < -0.3 is 25.4 Å². The van der Waals surface area contributed by atoms with Gasteiger partial charge in [-0.05, 0) is 19.4 Å². The third kappa shape index (κ3) is 3.13. The molecule has 5 N–H and O–H groups in total. The predicted molar refractivity (Wildman–Crippen MR) is 76.5 cm³/mol. The van der Waals surface area contributed by atoms with Gasteiger partial charge >= 0.3 is 5.69 Å². The maximum Gasteiger partial charge on any atom is 0.330 e. The van der Waals surface area contributed by atoms with Crippen LogP contribution in [-0.4, -0.2) is 58.3 Å². The van der Waals surface area contributed by atoms with Gasteiger partial charge in [-0.2, -0.15) is 0 Å². The van der Waals surface area contributed by atoms with Crippen LogP contribution in [-0.2, 0) is 15.9 Å². The van der Waals surface area contributed by atoms with Gasteiger partial charge in [0.25, 0.3) is 5.56 Å². The molecule has 0 aromatic carbocycles. The fourth-order valence-corrected chi connectivity index (χ4v) is 2.53. The lowest BCUT2D eigenvalue weighted by atomic mass is 10.1. The van der Waals surface area contributed by atoms with E-state index in [1.807, 2.05) is 0 Å². The summed E-state index contributed by atoms with van der Waals surface area (Å²) in [6.07, 6.45) is -1.29. The first-order valence-electron chi connectivity index (χ1n) is 7.05. The van der Waals surface area contributed by atoms with E-state index in [0.29, 0.717) is 24.9 Å². The summed E-state index contributed by atoms with van der Waals surface area (Å²) in [5.74, 6) is 0. The molecule has 1 aromatic rings. The second-order valence-electron chi connectivity index (χ2n) is 5.15. The number of aromatic amines is 1. The molecule has 2 rings (SSSR count). The van der Waals surface area contributed by atoms with Crippen LogP contribution in [0.3, 0.4) is 0 Å². The van der Waals surface area contributed by atoms with E-state index in [0.717, 1.165) is 0 Å². The highest BCUT2D eigenvalue weighted by molar-refractivity contribution is 5.06. The van der Waals surface area contributed by atoms with Gasteiger partial charge in [-0.1, -0.05) is 0 Å². The molecule has 0 spiro atoms. The van der Waals surface area contributed by atoms with E-state index < -0.39 is 42.4 Å². The molecule has 0 aliphatic carbocycles. The molecule has 0 bridgehead atoms. The number of H-pyrrole nitrogens is 1. The summed E-state index contributed by atoms with van der Waals surface area (Å²) in [7, 11) is 1.37. The van der Waals surface area contributed by atoms with E-state index in [2.05, 4.69) is 4.98 Å². The highest BCUT2D eigenvalue weighted by Crippen LogP contribution is 2.30. The van der Waals surface area contributed by atoms with E-state index >= 15 is 0 Å². The fourth-order valence-electron chi connectivity index (χ4n) is 2.53. The quantitative estimate of drug-likeness (QED) is 0.462. The second-order valence-corrected chi connectivity index (χ2v) is 5.15. The van der Waals surface area contributed by atoms with Crippen LogP contribution in [0.15, 0.2) is 15.8 Å². The van der Waals surface area contributed by atoms with Crippen molar-refractivity contribution in [1.82, 2.24) is 9.55 Å². The lowest BCUT2D eigenvalue weighted by molar-refractivity contribution is -0.0626. The average molecular weight is 315 g/mol. The summed E-state index contributed by atoms with van der Waals surface area (Å²) in [6, 6.07) is 0. The predicted octanol–water partition coefficient (Wildman–Crippen LogP) is -2.31. The Labute approximate surface area is 126 Å². The molecular formula is C13H21N3O6. The molecule has 1 fully saturated rings. The van der Waals surface area contributed by atoms with E-state index in [1.165, 1.54) is 17.9 Å². The Kier molecular flexibility index (Phi) is 5.48. The number of nitrogens with zero attached hydrogens (tertiary/aromatic N) is 1. The van der Waals surface area contributed by atoms with Gasteiger partial charge in [-0.15, -0.1) is 0 Å². The monoisotopic (exact) mass is 315 g/mol. The number of aliphatic hydroxyl groups is 2. The Morgan fingerprint density at radius 3 is 2.82 bits per heavy atom. The minimum atomic E-state index is -1.08. The van der Waals surface area contributed by atoms with Gasteiger partial charge in [0.05, 0.1) is 6.61 Å². The fraction of sp³-hybridized carbons (Fsp3) is 0.692. The topological polar surface area (TPSA) is 140 Å². The number of aliphatic hydroxyl groups excluding tert-OH is 2. The van der Waals surface area contributed by atoms with E-state index in [4.69, 9.17) is 15.2 Å². The normalized spacial score (nSPS) is 28.2. The number of nitrogens with two attached hydrogens (primary N) is 1. The average Bonchev–Trinajstić information content (AvgIpc) is 2.82. The van der Waals surface area contributed by atoms with E-state index in [9.17, 15) is 19.8 Å². The maximum absolute atomic E-state index is 12.0. The summed E-state index contributed by atoms with van der Waals surface area (Å²) in [6.45, 7) is 0.0140. The number of methoxy groups -OCH3 is 1. The lowest BCUT2D eigenvalue weighted by Crippen LogP contribution is -2.39. The third-order valence-electron chi connectivity index (χ3n) is 3.73. The Morgan fingerprint density at radius 1 is 1.50 bits per heavy atom. The zero-order chi connectivity index (χ0) is 16.3. The number of aromatic nitrogens is 2. The molecule has 1 saturated heterocycles. The van der Waals surface area contributed by atoms with Crippen LogP contribution < -0.4 is 17.0 Å². The highest BCUT2D eigenvalue weighted by atomic mass is 16.6. The number of rotatable bonds is 6. The molecule has 1 aliphatic rings. The summed E-state index contributed by atoms with van der Waals surface area (Å²) < 4.78 is 11.8. The van der Waals surface area contributed by atoms with Crippen molar-refractivity contribution in [3.63, 3.8) is 0 Å². The van der Waals surface area contributed by atoms with Gasteiger partial charge in [0.1, 0.15) is 18.3 Å².